The van der Waals surface area contributed by atoms with Crippen LogP contribution in [0.4, 0.5) is 18.9 Å². The van der Waals surface area contributed by atoms with Gasteiger partial charge in [-0.1, -0.05) is 6.07 Å². The first-order valence-electron chi connectivity index (χ1n) is 10.8. The average Bonchev–Trinajstić information content (AvgIpc) is 3.16. The molecular weight excluding hydrogens is 479 g/mol. The van der Waals surface area contributed by atoms with Crippen LogP contribution in [0.2, 0.25) is 0 Å². The topological polar surface area (TPSA) is 102 Å². The van der Waals surface area contributed by atoms with Crippen LogP contribution < -0.4 is 20.2 Å². The predicted molar refractivity (Wildman–Crippen MR) is 126 cm³/mol. The summed E-state index contributed by atoms with van der Waals surface area (Å²) < 4.78 is 54.9. The first-order chi connectivity index (χ1) is 17.1. The van der Waals surface area contributed by atoms with E-state index in [1.807, 2.05) is 0 Å². The summed E-state index contributed by atoms with van der Waals surface area (Å²) in [5, 5.41) is 6.31. The fourth-order valence-corrected chi connectivity index (χ4v) is 3.19. The van der Waals surface area contributed by atoms with Crippen molar-refractivity contribution < 1.29 is 36.7 Å². The molecule has 2 aromatic carbocycles. The summed E-state index contributed by atoms with van der Waals surface area (Å²) in [6.45, 7) is 5.03. The Kier molecular flexibility index (Phi) is 8.36. The second-order valence-electron chi connectivity index (χ2n) is 7.58. The van der Waals surface area contributed by atoms with Gasteiger partial charge in [-0.05, 0) is 68.8 Å². The Hall–Kier alpha value is -4.28. The molecule has 0 saturated carbocycles. The van der Waals surface area contributed by atoms with Crippen LogP contribution in [0.3, 0.4) is 0 Å². The van der Waals surface area contributed by atoms with Gasteiger partial charge >= 0.3 is 6.18 Å². The van der Waals surface area contributed by atoms with Crippen LogP contribution >= 0.6 is 0 Å². The molecule has 36 heavy (non-hydrogen) atoms. The van der Waals surface area contributed by atoms with E-state index in [-0.39, 0.29) is 11.4 Å². The summed E-state index contributed by atoms with van der Waals surface area (Å²) in [5.74, 6) is 0.606. The Bertz CT molecular complexity index is 1270. The molecule has 0 fully saturated rings. The minimum Gasteiger partial charge on any atom is -0.490 e. The normalized spacial score (nSPS) is 11.4. The number of anilines is 1. The Morgan fingerprint density at radius 3 is 2.50 bits per heavy atom. The molecular formula is C25H24F3N3O5. The fourth-order valence-electron chi connectivity index (χ4n) is 3.19. The molecule has 0 radical (unpaired) electrons. The fraction of sp³-hybridized carbons (Fsp3) is 0.240. The molecule has 0 spiro atoms. The molecule has 2 amide bonds. The zero-order valence-corrected chi connectivity index (χ0v) is 19.7. The van der Waals surface area contributed by atoms with Gasteiger partial charge < -0.3 is 19.2 Å². The molecule has 190 valence electrons. The van der Waals surface area contributed by atoms with Crippen LogP contribution in [0.25, 0.3) is 0 Å². The van der Waals surface area contributed by atoms with Crippen molar-refractivity contribution in [3.8, 4) is 11.5 Å². The third-order valence-electron chi connectivity index (χ3n) is 4.77. The minimum absolute atomic E-state index is 0.00200. The molecule has 2 N–H and O–H groups in total. The lowest BCUT2D eigenvalue weighted by molar-refractivity contribution is -0.137. The molecule has 0 aliphatic carbocycles. The molecule has 3 aromatic rings. The molecule has 0 aliphatic heterocycles. The van der Waals surface area contributed by atoms with E-state index < -0.39 is 30.2 Å². The Morgan fingerprint density at radius 2 is 1.83 bits per heavy atom. The van der Waals surface area contributed by atoms with Gasteiger partial charge in [-0.25, -0.2) is 5.43 Å². The van der Waals surface area contributed by atoms with Crippen molar-refractivity contribution >= 4 is 23.7 Å². The Balaban J connectivity index is 1.61. The second kappa shape index (κ2) is 11.4. The van der Waals surface area contributed by atoms with Crippen molar-refractivity contribution in [1.82, 2.24) is 5.43 Å². The summed E-state index contributed by atoms with van der Waals surface area (Å²) in [5.41, 5.74) is 2.51. The van der Waals surface area contributed by atoms with Crippen molar-refractivity contribution in [2.75, 3.05) is 18.5 Å². The van der Waals surface area contributed by atoms with E-state index in [2.05, 4.69) is 15.8 Å². The highest BCUT2D eigenvalue weighted by molar-refractivity contribution is 5.96. The lowest BCUT2D eigenvalue weighted by Gasteiger charge is -2.13. The van der Waals surface area contributed by atoms with E-state index >= 15 is 0 Å². The van der Waals surface area contributed by atoms with Gasteiger partial charge in [0.15, 0.2) is 18.1 Å². The van der Waals surface area contributed by atoms with Crippen molar-refractivity contribution in [2.45, 2.75) is 26.9 Å². The van der Waals surface area contributed by atoms with E-state index in [1.165, 1.54) is 18.3 Å². The number of nitrogens with one attached hydrogen (secondary N) is 2. The number of amides is 2. The van der Waals surface area contributed by atoms with Gasteiger partial charge in [0.2, 0.25) is 0 Å². The average molecular weight is 503 g/mol. The molecule has 0 unspecified atom stereocenters. The molecule has 8 nitrogen and oxygen atoms in total. The highest BCUT2D eigenvalue weighted by Crippen LogP contribution is 2.31. The van der Waals surface area contributed by atoms with Gasteiger partial charge in [0.1, 0.15) is 11.5 Å². The number of furan rings is 1. The first-order valence-corrected chi connectivity index (χ1v) is 10.8. The Morgan fingerprint density at radius 1 is 1.06 bits per heavy atom. The van der Waals surface area contributed by atoms with E-state index in [1.54, 1.807) is 45.0 Å². The van der Waals surface area contributed by atoms with E-state index in [4.69, 9.17) is 13.9 Å². The van der Waals surface area contributed by atoms with Crippen LogP contribution in [0.15, 0.2) is 58.0 Å². The molecule has 0 bridgehead atoms. The molecule has 0 atom stereocenters. The smallest absolute Gasteiger partial charge is 0.416 e. The van der Waals surface area contributed by atoms with Crippen molar-refractivity contribution in [2.24, 2.45) is 5.10 Å². The maximum Gasteiger partial charge on any atom is 0.416 e. The summed E-state index contributed by atoms with van der Waals surface area (Å²) in [6.07, 6.45) is -3.11. The summed E-state index contributed by atoms with van der Waals surface area (Å²) >= 11 is 0. The summed E-state index contributed by atoms with van der Waals surface area (Å²) in [6, 6.07) is 10.7. The number of ether oxygens (including phenoxy) is 2. The number of alkyl halides is 3. The lowest BCUT2D eigenvalue weighted by atomic mass is 10.2. The molecule has 11 heteroatoms. The third kappa shape index (κ3) is 7.11. The van der Waals surface area contributed by atoms with Gasteiger partial charge in [0.25, 0.3) is 11.8 Å². The number of aryl methyl sites for hydroxylation is 2. The zero-order valence-electron chi connectivity index (χ0n) is 19.7. The highest BCUT2D eigenvalue weighted by atomic mass is 19.4. The molecule has 1 aromatic heterocycles. The Labute approximate surface area is 205 Å². The number of benzene rings is 2. The summed E-state index contributed by atoms with van der Waals surface area (Å²) in [4.78, 5) is 24.4. The standard InChI is InChI=1S/C25H24F3N3O5/c1-4-34-22-11-17(13-29-31-24(33)20-10-15(2)36-16(20)3)8-9-21(22)35-14-23(32)30-19-7-5-6-18(12-19)25(26,27)28/h5-13H,4,14H2,1-3H3,(H,30,32)(H,31,33)/b29-13+. The van der Waals surface area contributed by atoms with Gasteiger partial charge in [0, 0.05) is 5.69 Å². The minimum atomic E-state index is -4.52. The largest absolute Gasteiger partial charge is 0.490 e. The number of halogens is 3. The van der Waals surface area contributed by atoms with Gasteiger partial charge in [0.05, 0.1) is 23.9 Å². The predicted octanol–water partition coefficient (Wildman–Crippen LogP) is 5.10. The number of hydrogen-bond donors (Lipinski definition) is 2. The van der Waals surface area contributed by atoms with Crippen LogP contribution in [0, 0.1) is 13.8 Å². The van der Waals surface area contributed by atoms with Crippen molar-refractivity contribution in [3.05, 3.63) is 76.7 Å². The number of hydrazone groups is 1. The van der Waals surface area contributed by atoms with E-state index in [9.17, 15) is 22.8 Å². The van der Waals surface area contributed by atoms with Crippen LogP contribution in [-0.2, 0) is 11.0 Å². The van der Waals surface area contributed by atoms with Crippen molar-refractivity contribution in [3.63, 3.8) is 0 Å². The van der Waals surface area contributed by atoms with Crippen LogP contribution in [0.1, 0.15) is 39.9 Å². The van der Waals surface area contributed by atoms with Crippen molar-refractivity contribution in [1.29, 1.82) is 0 Å². The number of hydrogen-bond acceptors (Lipinski definition) is 6. The highest BCUT2D eigenvalue weighted by Gasteiger charge is 2.30. The third-order valence-corrected chi connectivity index (χ3v) is 4.77. The number of carbonyl (C=O) groups excluding carboxylic acids is 2. The quantitative estimate of drug-likeness (QED) is 0.313. The van der Waals surface area contributed by atoms with Gasteiger partial charge in [-0.3, -0.25) is 9.59 Å². The summed E-state index contributed by atoms with van der Waals surface area (Å²) in [7, 11) is 0. The number of rotatable bonds is 9. The second-order valence-corrected chi connectivity index (χ2v) is 7.58. The first kappa shape index (κ1) is 26.3. The SMILES string of the molecule is CCOc1cc(/C=N/NC(=O)c2cc(C)oc2C)ccc1OCC(=O)Nc1cccc(C(F)(F)F)c1. The maximum absolute atomic E-state index is 12.9. The van der Waals surface area contributed by atoms with Gasteiger partial charge in [-0.2, -0.15) is 18.3 Å². The van der Waals surface area contributed by atoms with Crippen LogP contribution in [0.5, 0.6) is 11.5 Å². The lowest BCUT2D eigenvalue weighted by Crippen LogP contribution is -2.20. The maximum atomic E-state index is 12.9. The molecule has 0 aliphatic rings. The van der Waals surface area contributed by atoms with Crippen LogP contribution in [-0.4, -0.2) is 31.2 Å². The number of nitrogens with zero attached hydrogens (tertiary/aromatic N) is 1. The zero-order chi connectivity index (χ0) is 26.3. The molecule has 1 heterocycles. The molecule has 3 rings (SSSR count). The molecule has 0 saturated heterocycles. The van der Waals surface area contributed by atoms with Gasteiger partial charge in [-0.15, -0.1) is 0 Å². The number of carbonyl (C=O) groups is 2. The monoisotopic (exact) mass is 503 g/mol. The van der Waals surface area contributed by atoms with E-state index in [0.717, 1.165) is 12.1 Å². The van der Waals surface area contributed by atoms with E-state index in [0.29, 0.717) is 35.0 Å².